The number of carbonyl (C=O) groups excluding carboxylic acids is 2. The molecule has 0 saturated carbocycles. The summed E-state index contributed by atoms with van der Waals surface area (Å²) < 4.78 is -1.18. The van der Waals surface area contributed by atoms with Crippen LogP contribution in [0.2, 0.25) is 40.9 Å². The van der Waals surface area contributed by atoms with Crippen LogP contribution in [0, 0.1) is 0 Å². The largest absolute Gasteiger partial charge is 2.00 e. The van der Waals surface area contributed by atoms with Crippen molar-refractivity contribution in [3.05, 3.63) is 0 Å². The van der Waals surface area contributed by atoms with Crippen molar-refractivity contribution in [3.8, 4) is 0 Å². The van der Waals surface area contributed by atoms with Crippen molar-refractivity contribution in [2.75, 3.05) is 0 Å². The molecule has 0 aliphatic carbocycles. The molecule has 0 bridgehead atoms. The number of carbonyl (C=O) groups is 2. The van der Waals surface area contributed by atoms with Gasteiger partial charge in [0.25, 0.3) is 0 Å². The van der Waals surface area contributed by atoms with Crippen molar-refractivity contribution in [1.82, 2.24) is 0 Å². The van der Waals surface area contributed by atoms with E-state index in [1.54, 1.807) is 0 Å². The van der Waals surface area contributed by atoms with Crippen molar-refractivity contribution in [3.63, 3.8) is 0 Å². The van der Waals surface area contributed by atoms with E-state index in [1.165, 1.54) is 0 Å². The summed E-state index contributed by atoms with van der Waals surface area (Å²) in [6, 6.07) is 0. The van der Waals surface area contributed by atoms with E-state index in [0.29, 0.717) is 0 Å². The second kappa shape index (κ2) is 9.05. The van der Waals surface area contributed by atoms with Gasteiger partial charge >= 0.3 is 21.7 Å². The number of hydrogen-bond acceptors (Lipinski definition) is 2. The van der Waals surface area contributed by atoms with Crippen LogP contribution in [0.5, 0.6) is 0 Å². The van der Waals surface area contributed by atoms with Gasteiger partial charge in [0.1, 0.15) is 4.66 Å². The number of halogens is 2. The van der Waals surface area contributed by atoms with Crippen LogP contribution < -0.4 is 36.3 Å². The summed E-state index contributed by atoms with van der Waals surface area (Å²) in [6.45, 7) is 20.9. The zero-order valence-corrected chi connectivity index (χ0v) is 21.8. The smallest absolute Gasteiger partial charge is 1.00 e. The third kappa shape index (κ3) is 4.49. The Hall–Kier alpha value is 0.668. The Balaban J connectivity index is -0.000000667. The van der Waals surface area contributed by atoms with E-state index in [4.69, 9.17) is 11.5 Å². The molecule has 0 unspecified atom stereocenters. The van der Waals surface area contributed by atoms with Gasteiger partial charge in [-0.05, 0) is 10.1 Å². The summed E-state index contributed by atoms with van der Waals surface area (Å²) in [5, 5.41) is -0.320. The Kier molecular flexibility index (Phi) is 12.2. The zero-order valence-electron chi connectivity index (χ0n) is 16.7. The molecule has 0 rings (SSSR count). The summed E-state index contributed by atoms with van der Waals surface area (Å²) in [4.78, 5) is 25.3. The average molecular weight is 449 g/mol. The third-order valence-corrected chi connectivity index (χ3v) is 22.3. The van der Waals surface area contributed by atoms with E-state index in [-0.39, 0.29) is 56.6 Å². The maximum Gasteiger partial charge on any atom is 2.00 e. The molecule has 0 heterocycles. The van der Waals surface area contributed by atoms with E-state index >= 15 is 0 Å². The molecule has 0 aliphatic rings. The van der Waals surface area contributed by atoms with E-state index in [1.807, 2.05) is 0 Å². The standard InChI is InChI=1S/C15H34N2O2Si2.2ClH.Ti/c1-13(2,3)20(7,8)15(11(16)18,12(17)19)21(9,10)14(4,5)6;;;/h1-10H3,(H2,16,18)(H2,17,19);2*1H;/q;;;+2/p-2. The molecule has 0 saturated heterocycles. The second-order valence-electron chi connectivity index (χ2n) is 9.23. The summed E-state index contributed by atoms with van der Waals surface area (Å²) in [7, 11) is -4.89. The molecule has 0 aliphatic heterocycles. The molecule has 0 spiro atoms. The van der Waals surface area contributed by atoms with Gasteiger partial charge < -0.3 is 36.3 Å². The van der Waals surface area contributed by atoms with Crippen molar-refractivity contribution >= 4 is 28.0 Å². The van der Waals surface area contributed by atoms with Gasteiger partial charge in [-0.25, -0.2) is 0 Å². The van der Waals surface area contributed by atoms with Crippen LogP contribution in [-0.4, -0.2) is 28.0 Å². The number of nitrogens with two attached hydrogens (primary N) is 2. The van der Waals surface area contributed by atoms with Crippen LogP contribution in [0.1, 0.15) is 41.5 Å². The molecule has 4 nitrogen and oxygen atoms in total. The Labute approximate surface area is 177 Å². The monoisotopic (exact) mass is 448 g/mol. The normalized spacial score (nSPS) is 13.1. The number of hydrogen-bond donors (Lipinski definition) is 2. The van der Waals surface area contributed by atoms with Crippen molar-refractivity contribution < 1.29 is 56.1 Å². The fraction of sp³-hybridized carbons (Fsp3) is 0.867. The fourth-order valence-electron chi connectivity index (χ4n) is 3.26. The molecule has 4 N–H and O–H groups in total. The summed E-state index contributed by atoms with van der Waals surface area (Å²) >= 11 is 0. The number of amides is 2. The quantitative estimate of drug-likeness (QED) is 0.361. The van der Waals surface area contributed by atoms with E-state index in [2.05, 4.69) is 67.7 Å². The van der Waals surface area contributed by atoms with Gasteiger partial charge in [0.2, 0.25) is 11.8 Å². The van der Waals surface area contributed by atoms with E-state index in [9.17, 15) is 9.59 Å². The predicted octanol–water partition coefficient (Wildman–Crippen LogP) is -2.74. The van der Waals surface area contributed by atoms with Crippen LogP contribution in [0.15, 0.2) is 0 Å². The predicted molar refractivity (Wildman–Crippen MR) is 95.5 cm³/mol. The first-order valence-electron chi connectivity index (χ1n) is 7.49. The Bertz CT molecular complexity index is 417. The first kappa shape index (κ1) is 32.3. The molecule has 0 radical (unpaired) electrons. The SMILES string of the molecule is CC(C)(C)[Si](C)(C)C(C(N)=O)(C(N)=O)[Si](C)(C)C(C)(C)C.[Cl-].[Cl-].[Ti+2]. The number of primary amides is 2. The zero-order chi connectivity index (χ0) is 17.7. The average Bonchev–Trinajstić information content (AvgIpc) is 2.11. The van der Waals surface area contributed by atoms with Gasteiger partial charge in [0.05, 0.1) is 16.1 Å². The van der Waals surface area contributed by atoms with Crippen LogP contribution in [0.25, 0.3) is 0 Å². The molecule has 0 atom stereocenters. The van der Waals surface area contributed by atoms with Gasteiger partial charge in [0.15, 0.2) is 0 Å². The van der Waals surface area contributed by atoms with Crippen molar-refractivity contribution in [2.24, 2.45) is 11.5 Å². The molecule has 9 heteroatoms. The maximum atomic E-state index is 12.6. The third-order valence-electron chi connectivity index (χ3n) is 6.36. The molecule has 0 aromatic heterocycles. The summed E-state index contributed by atoms with van der Waals surface area (Å²) in [5.74, 6) is -1.04. The van der Waals surface area contributed by atoms with Gasteiger partial charge in [-0.2, -0.15) is 0 Å². The Morgan fingerprint density at radius 2 is 0.833 bits per heavy atom. The van der Waals surface area contributed by atoms with Crippen LogP contribution in [0.3, 0.4) is 0 Å². The van der Waals surface area contributed by atoms with Crippen molar-refractivity contribution in [2.45, 2.75) is 82.5 Å². The minimum absolute atomic E-state index is 0. The topological polar surface area (TPSA) is 86.2 Å². The first-order chi connectivity index (χ1) is 8.89. The molecular formula is C15H34Cl2N2O2Si2Ti. The Morgan fingerprint density at radius 3 is 0.917 bits per heavy atom. The minimum atomic E-state index is -2.44. The minimum Gasteiger partial charge on any atom is -1.00 e. The first-order valence-corrected chi connectivity index (χ1v) is 13.5. The molecule has 24 heavy (non-hydrogen) atoms. The molecule has 2 amide bonds. The molecule has 0 aromatic rings. The van der Waals surface area contributed by atoms with Crippen LogP contribution in [-0.2, 0) is 31.3 Å². The van der Waals surface area contributed by atoms with Crippen molar-refractivity contribution in [1.29, 1.82) is 0 Å². The Morgan fingerprint density at radius 1 is 0.667 bits per heavy atom. The molecule has 142 valence electrons. The number of rotatable bonds is 4. The molecule has 0 aromatic carbocycles. The van der Waals surface area contributed by atoms with Crippen LogP contribution >= 0.6 is 0 Å². The molecule has 0 fully saturated rings. The molecular weight excluding hydrogens is 415 g/mol. The van der Waals surface area contributed by atoms with E-state index in [0.717, 1.165) is 0 Å². The van der Waals surface area contributed by atoms with Crippen LogP contribution in [0.4, 0.5) is 0 Å². The maximum absolute atomic E-state index is 12.6. The van der Waals surface area contributed by atoms with Gasteiger partial charge in [0, 0.05) is 0 Å². The van der Waals surface area contributed by atoms with Gasteiger partial charge in [-0.15, -0.1) is 0 Å². The van der Waals surface area contributed by atoms with E-state index < -0.39 is 32.6 Å². The summed E-state index contributed by atoms with van der Waals surface area (Å²) in [6.07, 6.45) is 0. The van der Waals surface area contributed by atoms with Gasteiger partial charge in [-0.1, -0.05) is 67.7 Å². The van der Waals surface area contributed by atoms with Gasteiger partial charge in [-0.3, -0.25) is 9.59 Å². The summed E-state index contributed by atoms with van der Waals surface area (Å²) in [5.41, 5.74) is 11.7. The second-order valence-corrected chi connectivity index (χ2v) is 20.7. The fourth-order valence-corrected chi connectivity index (χ4v) is 16.5.